The van der Waals surface area contributed by atoms with Crippen molar-refractivity contribution in [3.63, 3.8) is 0 Å². The van der Waals surface area contributed by atoms with Crippen molar-refractivity contribution in [2.45, 2.75) is 6.42 Å². The minimum atomic E-state index is -0.0323. The highest BCUT2D eigenvalue weighted by atomic mass is 16.5. The summed E-state index contributed by atoms with van der Waals surface area (Å²) in [5.41, 5.74) is 10.1. The Bertz CT molecular complexity index is 752. The van der Waals surface area contributed by atoms with Crippen molar-refractivity contribution in [3.8, 4) is 29.2 Å². The summed E-state index contributed by atoms with van der Waals surface area (Å²) < 4.78 is 10.2. The largest absolute Gasteiger partial charge is 0.502 e. The number of hydrogen-bond acceptors (Lipinski definition) is 5. The van der Waals surface area contributed by atoms with E-state index in [2.05, 4.69) is 22.5 Å². The average Bonchev–Trinajstić information content (AvgIpc) is 2.63. The summed E-state index contributed by atoms with van der Waals surface area (Å²) in [4.78, 5) is 0. The Morgan fingerprint density at radius 3 is 2.38 bits per heavy atom. The summed E-state index contributed by atoms with van der Waals surface area (Å²) in [6, 6.07) is 15.5. The van der Waals surface area contributed by atoms with Crippen LogP contribution in [0.25, 0.3) is 0 Å². The van der Waals surface area contributed by atoms with Crippen molar-refractivity contribution in [1.29, 1.82) is 0 Å². The molecule has 0 aromatic heterocycles. The summed E-state index contributed by atoms with van der Waals surface area (Å²) in [5, 5.41) is 13.9. The minimum absolute atomic E-state index is 0.0323. The third kappa shape index (κ3) is 4.34. The van der Waals surface area contributed by atoms with E-state index in [9.17, 15) is 5.11 Å². The number of rotatable bonds is 5. The molecule has 6 heteroatoms. The number of hydrogen-bond donors (Lipinski definition) is 3. The predicted octanol–water partition coefficient (Wildman–Crippen LogP) is 1.82. The van der Waals surface area contributed by atoms with Gasteiger partial charge in [-0.05, 0) is 17.7 Å². The van der Waals surface area contributed by atoms with Crippen molar-refractivity contribution in [2.24, 2.45) is 10.8 Å². The van der Waals surface area contributed by atoms with E-state index in [0.29, 0.717) is 23.8 Å². The third-order valence-corrected chi connectivity index (χ3v) is 3.22. The molecule has 0 aliphatic heterocycles. The Labute approximate surface area is 140 Å². The Balaban J connectivity index is 2.01. The first-order valence-corrected chi connectivity index (χ1v) is 7.21. The van der Waals surface area contributed by atoms with E-state index in [1.807, 2.05) is 30.3 Å². The van der Waals surface area contributed by atoms with Gasteiger partial charge in [-0.2, -0.15) is 0 Å². The lowest BCUT2D eigenvalue weighted by atomic mass is 10.1. The quantitative estimate of drug-likeness (QED) is 0.257. The lowest BCUT2D eigenvalue weighted by Crippen LogP contribution is -2.16. The molecule has 0 amide bonds. The van der Waals surface area contributed by atoms with Gasteiger partial charge in [-0.25, -0.2) is 5.43 Å². The molecule has 0 radical (unpaired) electrons. The number of nitrogens with one attached hydrogen (secondary N) is 1. The van der Waals surface area contributed by atoms with Crippen LogP contribution in [0.5, 0.6) is 17.2 Å². The van der Waals surface area contributed by atoms with Gasteiger partial charge in [0.25, 0.3) is 0 Å². The number of phenolic OH excluding ortho intramolecular Hbond substituents is 1. The highest BCUT2D eigenvalue weighted by molar-refractivity contribution is 5.97. The number of phenols is 1. The van der Waals surface area contributed by atoms with E-state index < -0.39 is 0 Å². The Hall–Kier alpha value is -3.33. The summed E-state index contributed by atoms with van der Waals surface area (Å²) in [7, 11) is 2.96. The number of benzene rings is 2. The predicted molar refractivity (Wildman–Crippen MR) is 93.0 cm³/mol. The Morgan fingerprint density at radius 1 is 1.17 bits per heavy atom. The van der Waals surface area contributed by atoms with Crippen LogP contribution in [-0.2, 0) is 6.42 Å². The zero-order valence-corrected chi connectivity index (χ0v) is 13.5. The highest BCUT2D eigenvalue weighted by Gasteiger charge is 2.10. The number of nitrogens with two attached hydrogens (primary N) is 1. The van der Waals surface area contributed by atoms with Crippen LogP contribution in [0.15, 0.2) is 47.6 Å². The molecule has 0 saturated heterocycles. The van der Waals surface area contributed by atoms with Gasteiger partial charge in [-0.15, -0.1) is 5.10 Å². The molecule has 4 N–H and O–H groups in total. The molecule has 0 aliphatic carbocycles. The average molecular weight is 325 g/mol. The first-order valence-electron chi connectivity index (χ1n) is 7.21. The van der Waals surface area contributed by atoms with Crippen LogP contribution in [-0.4, -0.2) is 25.2 Å². The van der Waals surface area contributed by atoms with Crippen molar-refractivity contribution in [1.82, 2.24) is 5.43 Å². The second kappa shape index (κ2) is 8.34. The number of nitrogens with zero attached hydrogens (tertiary/aromatic N) is 1. The standard InChI is InChI=1S/C18H19N3O3/c1-23-15-11-13(12-16(24-2)17(15)22)7-6-10-20-21-18(19)14-8-4-3-5-9-14/h3-5,8-9,11-12,20,22H,7H2,1-2H3,(H2,19,21). The molecule has 2 aromatic carbocycles. The molecular weight excluding hydrogens is 306 g/mol. The molecule has 0 bridgehead atoms. The van der Waals surface area contributed by atoms with Crippen LogP contribution >= 0.6 is 0 Å². The number of amidine groups is 1. The molecule has 0 heterocycles. The number of methoxy groups -OCH3 is 2. The third-order valence-electron chi connectivity index (χ3n) is 3.22. The van der Waals surface area contributed by atoms with Crippen LogP contribution in [0.2, 0.25) is 0 Å². The van der Waals surface area contributed by atoms with Crippen molar-refractivity contribution in [2.75, 3.05) is 14.2 Å². The van der Waals surface area contributed by atoms with Crippen LogP contribution in [0.3, 0.4) is 0 Å². The molecular formula is C18H19N3O3. The van der Waals surface area contributed by atoms with Gasteiger partial charge >= 0.3 is 0 Å². The summed E-state index contributed by atoms with van der Waals surface area (Å²) in [6.07, 6.45) is 0.431. The van der Waals surface area contributed by atoms with Gasteiger partial charge in [0.15, 0.2) is 17.3 Å². The summed E-state index contributed by atoms with van der Waals surface area (Å²) in [5.74, 6) is 3.92. The fraction of sp³-hybridized carbons (Fsp3) is 0.167. The van der Waals surface area contributed by atoms with Crippen molar-refractivity contribution < 1.29 is 14.6 Å². The molecule has 0 unspecified atom stereocenters. The maximum absolute atomic E-state index is 9.86. The van der Waals surface area contributed by atoms with E-state index in [-0.39, 0.29) is 5.75 Å². The SMILES string of the molecule is COc1cc(CC#CNN=C(N)c2ccccc2)cc(OC)c1O. The van der Waals surface area contributed by atoms with Gasteiger partial charge in [0, 0.05) is 18.0 Å². The van der Waals surface area contributed by atoms with E-state index in [4.69, 9.17) is 15.2 Å². The minimum Gasteiger partial charge on any atom is -0.502 e. The lowest BCUT2D eigenvalue weighted by Gasteiger charge is -2.09. The molecule has 0 aliphatic rings. The molecule has 2 aromatic rings. The van der Waals surface area contributed by atoms with Crippen LogP contribution in [0, 0.1) is 12.0 Å². The second-order valence-electron chi connectivity index (χ2n) is 4.80. The maximum atomic E-state index is 9.86. The Morgan fingerprint density at radius 2 is 1.79 bits per heavy atom. The van der Waals surface area contributed by atoms with Crippen LogP contribution in [0.1, 0.15) is 11.1 Å². The zero-order valence-electron chi connectivity index (χ0n) is 13.5. The van der Waals surface area contributed by atoms with Crippen LogP contribution in [0.4, 0.5) is 0 Å². The Kier molecular flexibility index (Phi) is 5.92. The molecule has 2 rings (SSSR count). The topological polar surface area (TPSA) is 89.1 Å². The molecule has 24 heavy (non-hydrogen) atoms. The number of hydrazone groups is 1. The molecule has 0 spiro atoms. The van der Waals surface area contributed by atoms with E-state index in [1.165, 1.54) is 14.2 Å². The normalized spacial score (nSPS) is 10.5. The van der Waals surface area contributed by atoms with E-state index in [0.717, 1.165) is 11.1 Å². The molecule has 0 fully saturated rings. The molecule has 124 valence electrons. The van der Waals surface area contributed by atoms with E-state index in [1.54, 1.807) is 12.1 Å². The monoisotopic (exact) mass is 325 g/mol. The smallest absolute Gasteiger partial charge is 0.200 e. The first-order chi connectivity index (χ1) is 11.7. The van der Waals surface area contributed by atoms with Gasteiger partial charge in [0.2, 0.25) is 5.75 Å². The fourth-order valence-electron chi connectivity index (χ4n) is 2.00. The van der Waals surface area contributed by atoms with Gasteiger partial charge < -0.3 is 20.3 Å². The summed E-state index contributed by atoms with van der Waals surface area (Å²) in [6.45, 7) is 0. The van der Waals surface area contributed by atoms with Gasteiger partial charge in [0.05, 0.1) is 14.2 Å². The molecule has 6 nitrogen and oxygen atoms in total. The van der Waals surface area contributed by atoms with Gasteiger partial charge in [0.1, 0.15) is 0 Å². The number of ether oxygens (including phenoxy) is 2. The number of aromatic hydroxyl groups is 1. The van der Waals surface area contributed by atoms with Crippen LogP contribution < -0.4 is 20.6 Å². The van der Waals surface area contributed by atoms with Gasteiger partial charge in [-0.3, -0.25) is 0 Å². The zero-order chi connectivity index (χ0) is 17.4. The first kappa shape index (κ1) is 17.0. The molecule has 0 atom stereocenters. The van der Waals surface area contributed by atoms with Crippen molar-refractivity contribution >= 4 is 5.84 Å². The fourth-order valence-corrected chi connectivity index (χ4v) is 2.00. The van der Waals surface area contributed by atoms with E-state index >= 15 is 0 Å². The highest BCUT2D eigenvalue weighted by Crippen LogP contribution is 2.37. The second-order valence-corrected chi connectivity index (χ2v) is 4.80. The van der Waals surface area contributed by atoms with Gasteiger partial charge in [-0.1, -0.05) is 36.3 Å². The maximum Gasteiger partial charge on any atom is 0.200 e. The summed E-state index contributed by atoms with van der Waals surface area (Å²) >= 11 is 0. The van der Waals surface area contributed by atoms with Crippen molar-refractivity contribution in [3.05, 3.63) is 53.6 Å². The molecule has 0 saturated carbocycles. The lowest BCUT2D eigenvalue weighted by molar-refractivity contribution is 0.339.